The number of nitrogens with zero attached hydrogens (tertiary/aromatic N) is 3. The highest BCUT2D eigenvalue weighted by Crippen LogP contribution is 2.17. The molecule has 0 amide bonds. The third-order valence-corrected chi connectivity index (χ3v) is 3.04. The van der Waals surface area contributed by atoms with Gasteiger partial charge in [0, 0.05) is 19.6 Å². The van der Waals surface area contributed by atoms with Gasteiger partial charge >= 0.3 is 0 Å². The lowest BCUT2D eigenvalue weighted by atomic mass is 9.99. The molecule has 2 rings (SSSR count). The smallest absolute Gasteiger partial charge is 0.226 e. The molecule has 1 N–H and O–H groups in total. The van der Waals surface area contributed by atoms with Crippen LogP contribution in [-0.4, -0.2) is 39.8 Å². The molecule has 0 saturated carbocycles. The van der Waals surface area contributed by atoms with Crippen molar-refractivity contribution in [1.29, 1.82) is 0 Å². The average molecular weight is 225 g/mol. The van der Waals surface area contributed by atoms with E-state index >= 15 is 0 Å². The molecule has 0 radical (unpaired) electrons. The number of piperidine rings is 1. The minimum atomic E-state index is 0.281. The zero-order valence-electron chi connectivity index (χ0n) is 9.72. The van der Waals surface area contributed by atoms with E-state index < -0.39 is 0 Å². The SMILES string of the molecule is CCc1nc(CN2CCCC(CO)C2)no1. The van der Waals surface area contributed by atoms with E-state index in [4.69, 9.17) is 9.63 Å². The van der Waals surface area contributed by atoms with Crippen molar-refractivity contribution in [3.05, 3.63) is 11.7 Å². The highest BCUT2D eigenvalue weighted by molar-refractivity contribution is 4.87. The number of hydrogen-bond acceptors (Lipinski definition) is 5. The fraction of sp³-hybridized carbons (Fsp3) is 0.818. The first-order valence-electron chi connectivity index (χ1n) is 5.96. The second kappa shape index (κ2) is 5.41. The molecule has 0 bridgehead atoms. The Bertz CT molecular complexity index is 327. The van der Waals surface area contributed by atoms with Crippen molar-refractivity contribution in [2.24, 2.45) is 5.92 Å². The van der Waals surface area contributed by atoms with Gasteiger partial charge < -0.3 is 9.63 Å². The molecule has 1 saturated heterocycles. The van der Waals surface area contributed by atoms with Crippen molar-refractivity contribution >= 4 is 0 Å². The van der Waals surface area contributed by atoms with Gasteiger partial charge in [-0.1, -0.05) is 12.1 Å². The minimum Gasteiger partial charge on any atom is -0.396 e. The van der Waals surface area contributed by atoms with E-state index in [9.17, 15) is 0 Å². The number of aliphatic hydroxyl groups excluding tert-OH is 1. The summed E-state index contributed by atoms with van der Waals surface area (Å²) >= 11 is 0. The first-order chi connectivity index (χ1) is 7.81. The van der Waals surface area contributed by atoms with Crippen molar-refractivity contribution in [2.45, 2.75) is 32.7 Å². The molecule has 0 aliphatic carbocycles. The van der Waals surface area contributed by atoms with E-state index in [0.29, 0.717) is 11.8 Å². The van der Waals surface area contributed by atoms with E-state index in [2.05, 4.69) is 15.0 Å². The van der Waals surface area contributed by atoms with Gasteiger partial charge in [-0.25, -0.2) is 0 Å². The van der Waals surface area contributed by atoms with Gasteiger partial charge in [-0.2, -0.15) is 4.98 Å². The monoisotopic (exact) mass is 225 g/mol. The van der Waals surface area contributed by atoms with Gasteiger partial charge in [0.2, 0.25) is 5.89 Å². The van der Waals surface area contributed by atoms with Crippen LogP contribution in [0.3, 0.4) is 0 Å². The van der Waals surface area contributed by atoms with Crippen LogP contribution in [0.25, 0.3) is 0 Å². The topological polar surface area (TPSA) is 62.4 Å². The van der Waals surface area contributed by atoms with Crippen LogP contribution in [0.1, 0.15) is 31.5 Å². The maximum absolute atomic E-state index is 9.14. The van der Waals surface area contributed by atoms with Crippen LogP contribution < -0.4 is 0 Å². The second-order valence-corrected chi connectivity index (χ2v) is 4.38. The normalized spacial score (nSPS) is 22.5. The maximum atomic E-state index is 9.14. The average Bonchev–Trinajstić information content (AvgIpc) is 2.77. The lowest BCUT2D eigenvalue weighted by molar-refractivity contribution is 0.113. The fourth-order valence-electron chi connectivity index (χ4n) is 2.14. The van der Waals surface area contributed by atoms with Crippen molar-refractivity contribution in [1.82, 2.24) is 15.0 Å². The Morgan fingerprint density at radius 1 is 1.56 bits per heavy atom. The second-order valence-electron chi connectivity index (χ2n) is 4.38. The number of likely N-dealkylation sites (tertiary alicyclic amines) is 1. The summed E-state index contributed by atoms with van der Waals surface area (Å²) in [5.74, 6) is 1.87. The van der Waals surface area contributed by atoms with Crippen LogP contribution in [0.4, 0.5) is 0 Å². The summed E-state index contributed by atoms with van der Waals surface area (Å²) < 4.78 is 5.07. The summed E-state index contributed by atoms with van der Waals surface area (Å²) in [5.41, 5.74) is 0. The van der Waals surface area contributed by atoms with Crippen LogP contribution >= 0.6 is 0 Å². The molecule has 1 aliphatic heterocycles. The number of aryl methyl sites for hydroxylation is 1. The molecule has 0 spiro atoms. The molecule has 1 atom stereocenters. The van der Waals surface area contributed by atoms with Crippen LogP contribution in [0.5, 0.6) is 0 Å². The Morgan fingerprint density at radius 3 is 3.12 bits per heavy atom. The van der Waals surface area contributed by atoms with E-state index in [0.717, 1.165) is 44.7 Å². The molecule has 5 nitrogen and oxygen atoms in total. The fourth-order valence-corrected chi connectivity index (χ4v) is 2.14. The Balaban J connectivity index is 1.88. The molecule has 1 aliphatic rings. The highest BCUT2D eigenvalue weighted by Gasteiger charge is 2.20. The number of aromatic nitrogens is 2. The molecule has 5 heteroatoms. The largest absolute Gasteiger partial charge is 0.396 e. The number of rotatable bonds is 4. The van der Waals surface area contributed by atoms with Crippen molar-refractivity contribution in [3.63, 3.8) is 0 Å². The quantitative estimate of drug-likeness (QED) is 0.822. The van der Waals surface area contributed by atoms with Gasteiger partial charge in [-0.05, 0) is 25.3 Å². The Morgan fingerprint density at radius 2 is 2.44 bits per heavy atom. The van der Waals surface area contributed by atoms with Crippen molar-refractivity contribution < 1.29 is 9.63 Å². The summed E-state index contributed by atoms with van der Waals surface area (Å²) in [7, 11) is 0. The Labute approximate surface area is 95.4 Å². The molecule has 90 valence electrons. The van der Waals surface area contributed by atoms with Crippen molar-refractivity contribution in [3.8, 4) is 0 Å². The molecule has 0 aromatic carbocycles. The summed E-state index contributed by atoms with van der Waals surface area (Å²) in [6.45, 7) is 5.02. The van der Waals surface area contributed by atoms with Crippen LogP contribution in [0, 0.1) is 5.92 Å². The van der Waals surface area contributed by atoms with Gasteiger partial charge in [0.05, 0.1) is 6.54 Å². The highest BCUT2D eigenvalue weighted by atomic mass is 16.5. The Kier molecular flexibility index (Phi) is 3.90. The molecular formula is C11H19N3O2. The van der Waals surface area contributed by atoms with Gasteiger partial charge in [0.1, 0.15) is 0 Å². The summed E-state index contributed by atoms with van der Waals surface area (Å²) in [5, 5.41) is 13.1. The standard InChI is InChI=1S/C11H19N3O2/c1-2-11-12-10(13-16-11)7-14-5-3-4-9(6-14)8-15/h9,15H,2-8H2,1H3. The molecule has 1 aromatic heterocycles. The van der Waals surface area contributed by atoms with Crippen LogP contribution in [0.15, 0.2) is 4.52 Å². The lowest BCUT2D eigenvalue weighted by Gasteiger charge is -2.30. The molecule has 1 aromatic rings. The van der Waals surface area contributed by atoms with Gasteiger partial charge in [-0.15, -0.1) is 0 Å². The van der Waals surface area contributed by atoms with E-state index in [1.807, 2.05) is 6.92 Å². The minimum absolute atomic E-state index is 0.281. The zero-order chi connectivity index (χ0) is 11.4. The van der Waals surface area contributed by atoms with Crippen LogP contribution in [0.2, 0.25) is 0 Å². The number of aliphatic hydroxyl groups is 1. The van der Waals surface area contributed by atoms with Crippen LogP contribution in [-0.2, 0) is 13.0 Å². The predicted molar refractivity (Wildman–Crippen MR) is 58.8 cm³/mol. The zero-order valence-corrected chi connectivity index (χ0v) is 9.72. The first kappa shape index (κ1) is 11.5. The molecular weight excluding hydrogens is 206 g/mol. The van der Waals surface area contributed by atoms with Gasteiger partial charge in [-0.3, -0.25) is 4.90 Å². The summed E-state index contributed by atoms with van der Waals surface area (Å²) in [6, 6.07) is 0. The van der Waals surface area contributed by atoms with E-state index in [1.165, 1.54) is 0 Å². The Hall–Kier alpha value is -0.940. The van der Waals surface area contributed by atoms with Gasteiger partial charge in [0.15, 0.2) is 5.82 Å². The number of hydrogen-bond donors (Lipinski definition) is 1. The molecule has 2 heterocycles. The lowest BCUT2D eigenvalue weighted by Crippen LogP contribution is -2.36. The van der Waals surface area contributed by atoms with E-state index in [-0.39, 0.29) is 6.61 Å². The molecule has 1 unspecified atom stereocenters. The van der Waals surface area contributed by atoms with Gasteiger partial charge in [0.25, 0.3) is 0 Å². The predicted octanol–water partition coefficient (Wildman–Crippen LogP) is 0.836. The first-order valence-corrected chi connectivity index (χ1v) is 5.96. The van der Waals surface area contributed by atoms with E-state index in [1.54, 1.807) is 0 Å². The molecule has 1 fully saturated rings. The maximum Gasteiger partial charge on any atom is 0.226 e. The van der Waals surface area contributed by atoms with Crippen molar-refractivity contribution in [2.75, 3.05) is 19.7 Å². The third kappa shape index (κ3) is 2.80. The third-order valence-electron chi connectivity index (χ3n) is 3.04. The summed E-state index contributed by atoms with van der Waals surface area (Å²) in [4.78, 5) is 6.58. The molecule has 16 heavy (non-hydrogen) atoms. The summed E-state index contributed by atoms with van der Waals surface area (Å²) in [6.07, 6.45) is 3.05.